The maximum absolute atomic E-state index is 11.5. The normalized spacial score (nSPS) is 9.94. The molecule has 0 radical (unpaired) electrons. The van der Waals surface area contributed by atoms with E-state index < -0.39 is 5.91 Å². The first kappa shape index (κ1) is 14.1. The van der Waals surface area contributed by atoms with Crippen molar-refractivity contribution in [3.8, 4) is 0 Å². The number of hydroxylamine groups is 2. The fourth-order valence-electron chi connectivity index (χ4n) is 1.62. The van der Waals surface area contributed by atoms with Gasteiger partial charge in [0, 0.05) is 12.5 Å². The molecular formula is C12H16N2O4. The van der Waals surface area contributed by atoms with Crippen LogP contribution in [0.2, 0.25) is 0 Å². The van der Waals surface area contributed by atoms with Crippen LogP contribution in [0.15, 0.2) is 18.2 Å². The van der Waals surface area contributed by atoms with E-state index in [1.165, 1.54) is 6.92 Å². The van der Waals surface area contributed by atoms with Gasteiger partial charge in [0.2, 0.25) is 5.91 Å². The van der Waals surface area contributed by atoms with E-state index in [0.717, 1.165) is 5.56 Å². The van der Waals surface area contributed by atoms with E-state index in [-0.39, 0.29) is 12.5 Å². The molecular weight excluding hydrogens is 236 g/mol. The third kappa shape index (κ3) is 3.54. The van der Waals surface area contributed by atoms with E-state index in [9.17, 15) is 9.59 Å². The van der Waals surface area contributed by atoms with Crippen LogP contribution in [0, 0.1) is 0 Å². The maximum atomic E-state index is 11.5. The number of carbonyl (C=O) groups excluding carboxylic acids is 2. The first-order chi connectivity index (χ1) is 8.60. The van der Waals surface area contributed by atoms with Crippen LogP contribution < -0.4 is 11.0 Å². The number of hydrogen-bond donors (Lipinski definition) is 3. The Morgan fingerprint density at radius 3 is 2.67 bits per heavy atom. The van der Waals surface area contributed by atoms with Gasteiger partial charge in [0.15, 0.2) is 0 Å². The van der Waals surface area contributed by atoms with Crippen molar-refractivity contribution in [2.24, 2.45) is 0 Å². The molecule has 18 heavy (non-hydrogen) atoms. The lowest BCUT2D eigenvalue weighted by molar-refractivity contribution is -0.132. The first-order valence-corrected chi connectivity index (χ1v) is 5.53. The summed E-state index contributed by atoms with van der Waals surface area (Å²) in [7, 11) is 0. The standard InChI is InChI=1S/C12H16N2O4/c1-3-9-5-4-6-10(12(16)13-17)11(9)7-18-14-8(2)15/h4-6,17H,3,7H2,1-2H3,(H,13,16)(H,14,15). The predicted octanol–water partition coefficient (Wildman–Crippen LogP) is 0.936. The van der Waals surface area contributed by atoms with Crippen LogP contribution in [0.3, 0.4) is 0 Å². The number of amides is 2. The summed E-state index contributed by atoms with van der Waals surface area (Å²) < 4.78 is 0. The van der Waals surface area contributed by atoms with Crippen molar-refractivity contribution in [1.82, 2.24) is 11.0 Å². The van der Waals surface area contributed by atoms with Gasteiger partial charge in [0.25, 0.3) is 5.91 Å². The van der Waals surface area contributed by atoms with Crippen LogP contribution in [0.4, 0.5) is 0 Å². The summed E-state index contributed by atoms with van der Waals surface area (Å²) in [5, 5.41) is 8.68. The van der Waals surface area contributed by atoms with Gasteiger partial charge in [-0.2, -0.15) is 0 Å². The van der Waals surface area contributed by atoms with Gasteiger partial charge in [-0.25, -0.2) is 11.0 Å². The Balaban J connectivity index is 2.96. The summed E-state index contributed by atoms with van der Waals surface area (Å²) in [6.45, 7) is 3.33. The van der Waals surface area contributed by atoms with Gasteiger partial charge in [-0.05, 0) is 23.6 Å². The van der Waals surface area contributed by atoms with Crippen molar-refractivity contribution in [3.05, 3.63) is 34.9 Å². The molecule has 0 aliphatic heterocycles. The third-order valence-corrected chi connectivity index (χ3v) is 2.43. The topological polar surface area (TPSA) is 87.7 Å². The van der Waals surface area contributed by atoms with Crippen LogP contribution in [-0.2, 0) is 22.7 Å². The molecule has 98 valence electrons. The molecule has 0 saturated carbocycles. The van der Waals surface area contributed by atoms with E-state index in [1.54, 1.807) is 17.6 Å². The molecule has 0 spiro atoms. The largest absolute Gasteiger partial charge is 0.288 e. The van der Waals surface area contributed by atoms with Crippen molar-refractivity contribution in [2.75, 3.05) is 0 Å². The Bertz CT molecular complexity index is 446. The third-order valence-electron chi connectivity index (χ3n) is 2.43. The van der Waals surface area contributed by atoms with E-state index in [0.29, 0.717) is 17.5 Å². The Hall–Kier alpha value is -1.92. The Morgan fingerprint density at radius 1 is 1.39 bits per heavy atom. The Kier molecular flexibility index (Phi) is 5.29. The lowest BCUT2D eigenvalue weighted by Crippen LogP contribution is -2.24. The molecule has 0 aliphatic carbocycles. The van der Waals surface area contributed by atoms with Crippen molar-refractivity contribution in [2.45, 2.75) is 26.9 Å². The minimum Gasteiger partial charge on any atom is -0.288 e. The van der Waals surface area contributed by atoms with Gasteiger partial charge in [-0.3, -0.25) is 19.6 Å². The molecule has 0 fully saturated rings. The molecule has 1 rings (SSSR count). The highest BCUT2D eigenvalue weighted by molar-refractivity contribution is 5.95. The molecule has 2 amide bonds. The number of nitrogens with one attached hydrogen (secondary N) is 2. The molecule has 0 unspecified atom stereocenters. The molecule has 6 heteroatoms. The SMILES string of the molecule is CCc1cccc(C(=O)NO)c1CONC(C)=O. The summed E-state index contributed by atoms with van der Waals surface area (Å²) in [6, 6.07) is 5.17. The molecule has 0 saturated heterocycles. The highest BCUT2D eigenvalue weighted by Gasteiger charge is 2.14. The summed E-state index contributed by atoms with van der Waals surface area (Å²) >= 11 is 0. The zero-order chi connectivity index (χ0) is 13.5. The molecule has 6 nitrogen and oxygen atoms in total. The van der Waals surface area contributed by atoms with Gasteiger partial charge in [-0.1, -0.05) is 19.1 Å². The van der Waals surface area contributed by atoms with Crippen molar-refractivity contribution >= 4 is 11.8 Å². The summed E-state index contributed by atoms with van der Waals surface area (Å²) in [5.41, 5.74) is 5.67. The van der Waals surface area contributed by atoms with Gasteiger partial charge >= 0.3 is 0 Å². The molecule has 1 aromatic carbocycles. The second kappa shape index (κ2) is 6.73. The molecule has 0 heterocycles. The molecule has 0 aromatic heterocycles. The second-order valence-corrected chi connectivity index (χ2v) is 3.68. The minimum absolute atomic E-state index is 0.0619. The number of rotatable bonds is 5. The van der Waals surface area contributed by atoms with Crippen molar-refractivity contribution < 1.29 is 19.6 Å². The molecule has 0 aliphatic rings. The van der Waals surface area contributed by atoms with E-state index >= 15 is 0 Å². The number of benzene rings is 1. The van der Waals surface area contributed by atoms with Gasteiger partial charge in [0.1, 0.15) is 6.61 Å². The Labute approximate surface area is 105 Å². The van der Waals surface area contributed by atoms with Gasteiger partial charge in [-0.15, -0.1) is 0 Å². The average Bonchev–Trinajstić information content (AvgIpc) is 2.37. The summed E-state index contributed by atoms with van der Waals surface area (Å²) in [6.07, 6.45) is 0.714. The van der Waals surface area contributed by atoms with E-state index in [4.69, 9.17) is 10.0 Å². The highest BCUT2D eigenvalue weighted by Crippen LogP contribution is 2.16. The smallest absolute Gasteiger partial charge is 0.275 e. The monoisotopic (exact) mass is 252 g/mol. The van der Waals surface area contributed by atoms with Gasteiger partial charge in [0.05, 0.1) is 0 Å². The second-order valence-electron chi connectivity index (χ2n) is 3.68. The first-order valence-electron chi connectivity index (χ1n) is 5.53. The molecule has 1 aromatic rings. The fraction of sp³-hybridized carbons (Fsp3) is 0.333. The molecule has 0 bridgehead atoms. The van der Waals surface area contributed by atoms with Gasteiger partial charge < -0.3 is 0 Å². The Morgan fingerprint density at radius 2 is 2.11 bits per heavy atom. The van der Waals surface area contributed by atoms with Crippen LogP contribution >= 0.6 is 0 Å². The molecule has 3 N–H and O–H groups in total. The fourth-order valence-corrected chi connectivity index (χ4v) is 1.62. The summed E-state index contributed by atoms with van der Waals surface area (Å²) in [5.74, 6) is -0.927. The molecule has 0 atom stereocenters. The highest BCUT2D eigenvalue weighted by atomic mass is 16.6. The number of aryl methyl sites for hydroxylation is 1. The quantitative estimate of drug-likeness (QED) is 0.537. The minimum atomic E-state index is -0.605. The van der Waals surface area contributed by atoms with Crippen LogP contribution in [-0.4, -0.2) is 17.0 Å². The van der Waals surface area contributed by atoms with E-state index in [1.807, 2.05) is 13.0 Å². The zero-order valence-electron chi connectivity index (χ0n) is 10.3. The van der Waals surface area contributed by atoms with Crippen molar-refractivity contribution in [1.29, 1.82) is 0 Å². The number of carbonyl (C=O) groups is 2. The zero-order valence-corrected chi connectivity index (χ0v) is 10.3. The lowest BCUT2D eigenvalue weighted by atomic mass is 9.99. The van der Waals surface area contributed by atoms with Crippen LogP contribution in [0.5, 0.6) is 0 Å². The number of hydrogen-bond acceptors (Lipinski definition) is 4. The lowest BCUT2D eigenvalue weighted by Gasteiger charge is -2.12. The predicted molar refractivity (Wildman–Crippen MR) is 63.7 cm³/mol. The average molecular weight is 252 g/mol. The van der Waals surface area contributed by atoms with Crippen LogP contribution in [0.1, 0.15) is 35.3 Å². The van der Waals surface area contributed by atoms with E-state index in [2.05, 4.69) is 5.48 Å². The van der Waals surface area contributed by atoms with Crippen molar-refractivity contribution in [3.63, 3.8) is 0 Å². The van der Waals surface area contributed by atoms with Crippen LogP contribution in [0.25, 0.3) is 0 Å². The summed E-state index contributed by atoms with van der Waals surface area (Å²) in [4.78, 5) is 27.2. The maximum Gasteiger partial charge on any atom is 0.275 e.